The topological polar surface area (TPSA) is 115 Å². The molecule has 2 saturated carbocycles. The Morgan fingerprint density at radius 3 is 2.55 bits per heavy atom. The first kappa shape index (κ1) is 25.3. The zero-order valence-corrected chi connectivity index (χ0v) is 23.1. The molecule has 2 aromatic heterocycles. The van der Waals surface area contributed by atoms with Crippen molar-refractivity contribution in [2.45, 2.75) is 49.1 Å². The SMILES string of the molecule is Cc1cc2c(cnn2-c2ccc(F)cc2)cc1C12CN(S(=O)(=O)c3cnn(C)n3)CC1C2C(=O)NC1CCCC1. The zero-order chi connectivity index (χ0) is 27.8. The molecule has 3 aliphatic rings. The van der Waals surface area contributed by atoms with E-state index in [1.165, 1.54) is 27.4 Å². The number of aromatic nitrogens is 5. The number of rotatable bonds is 6. The Labute approximate surface area is 231 Å². The van der Waals surface area contributed by atoms with E-state index in [1.807, 2.05) is 19.1 Å². The highest BCUT2D eigenvalue weighted by atomic mass is 32.2. The van der Waals surface area contributed by atoms with Crippen LogP contribution in [0.15, 0.2) is 53.8 Å². The van der Waals surface area contributed by atoms with Gasteiger partial charge >= 0.3 is 0 Å². The molecule has 3 atom stereocenters. The lowest BCUT2D eigenvalue weighted by Crippen LogP contribution is -2.41. The molecule has 3 fully saturated rings. The van der Waals surface area contributed by atoms with Crippen molar-refractivity contribution in [1.82, 2.24) is 34.4 Å². The number of amides is 1. The molecule has 40 heavy (non-hydrogen) atoms. The molecular weight excluding hydrogens is 533 g/mol. The second kappa shape index (κ2) is 8.93. The molecule has 3 heterocycles. The van der Waals surface area contributed by atoms with Gasteiger partial charge in [0.25, 0.3) is 10.0 Å². The van der Waals surface area contributed by atoms with Crippen molar-refractivity contribution in [3.63, 3.8) is 0 Å². The zero-order valence-electron chi connectivity index (χ0n) is 22.3. The van der Waals surface area contributed by atoms with Gasteiger partial charge in [-0.2, -0.15) is 19.3 Å². The average Bonchev–Trinajstić information content (AvgIpc) is 3.55. The van der Waals surface area contributed by atoms with E-state index >= 15 is 0 Å². The van der Waals surface area contributed by atoms with Gasteiger partial charge in [0.2, 0.25) is 10.9 Å². The van der Waals surface area contributed by atoms with Gasteiger partial charge in [0, 0.05) is 37.0 Å². The van der Waals surface area contributed by atoms with Gasteiger partial charge in [-0.1, -0.05) is 12.8 Å². The number of carbonyl (C=O) groups excluding carboxylic acids is 1. The Bertz CT molecular complexity index is 1740. The predicted octanol–water partition coefficient (Wildman–Crippen LogP) is 2.85. The first-order valence-corrected chi connectivity index (χ1v) is 15.0. The summed E-state index contributed by atoms with van der Waals surface area (Å²) in [6, 6.07) is 10.4. The van der Waals surface area contributed by atoms with Crippen LogP contribution in [0.4, 0.5) is 4.39 Å². The van der Waals surface area contributed by atoms with Crippen molar-refractivity contribution < 1.29 is 17.6 Å². The Kier molecular flexibility index (Phi) is 5.66. The summed E-state index contributed by atoms with van der Waals surface area (Å²) in [4.78, 5) is 14.9. The predicted molar refractivity (Wildman–Crippen MR) is 145 cm³/mol. The van der Waals surface area contributed by atoms with Crippen molar-refractivity contribution in [2.75, 3.05) is 13.1 Å². The van der Waals surface area contributed by atoms with Crippen molar-refractivity contribution >= 4 is 26.8 Å². The van der Waals surface area contributed by atoms with Gasteiger partial charge in [-0.05, 0) is 73.2 Å². The number of fused-ring (bicyclic) bond motifs is 2. The fraction of sp³-hybridized carbons (Fsp3) is 0.429. The van der Waals surface area contributed by atoms with Crippen LogP contribution in [0.1, 0.15) is 36.8 Å². The molecule has 0 radical (unpaired) electrons. The van der Waals surface area contributed by atoms with E-state index in [0.29, 0.717) is 0 Å². The molecule has 4 aromatic rings. The standard InChI is InChI=1S/C28H30FN7O3S/c1-17-11-24-18(13-31-36(24)21-9-7-19(29)8-10-21)12-22(17)28-16-35(40(38,39)25-14-30-34(2)33-25)15-23(28)26(28)27(37)32-20-5-3-4-6-20/h7-14,20,23,26H,3-6,15-16H2,1-2H3,(H,32,37). The maximum absolute atomic E-state index is 13.6. The molecule has 1 N–H and O–H groups in total. The minimum absolute atomic E-state index is 0.00922. The van der Waals surface area contributed by atoms with Crippen LogP contribution < -0.4 is 5.32 Å². The van der Waals surface area contributed by atoms with Crippen LogP contribution in [0, 0.1) is 24.6 Å². The van der Waals surface area contributed by atoms with Crippen LogP contribution >= 0.6 is 0 Å². The molecule has 7 rings (SSSR count). The van der Waals surface area contributed by atoms with Crippen LogP contribution in [0.3, 0.4) is 0 Å². The number of sulfonamides is 1. The maximum Gasteiger partial charge on any atom is 0.264 e. The number of halogens is 1. The van der Waals surface area contributed by atoms with Crippen molar-refractivity contribution in [3.05, 3.63) is 65.7 Å². The van der Waals surface area contributed by atoms with E-state index in [1.54, 1.807) is 30.1 Å². The van der Waals surface area contributed by atoms with Crippen molar-refractivity contribution in [1.29, 1.82) is 0 Å². The Hall–Kier alpha value is -3.64. The number of nitrogens with one attached hydrogen (secondary N) is 1. The summed E-state index contributed by atoms with van der Waals surface area (Å²) in [5, 5.41) is 16.6. The van der Waals surface area contributed by atoms with Crippen molar-refractivity contribution in [3.8, 4) is 5.69 Å². The van der Waals surface area contributed by atoms with Gasteiger partial charge in [-0.3, -0.25) is 4.79 Å². The van der Waals surface area contributed by atoms with Crippen LogP contribution in [-0.2, 0) is 27.3 Å². The van der Waals surface area contributed by atoms with Crippen LogP contribution in [0.2, 0.25) is 0 Å². The molecule has 10 nitrogen and oxygen atoms in total. The second-order valence-corrected chi connectivity index (χ2v) is 13.2. The van der Waals surface area contributed by atoms with E-state index < -0.39 is 15.4 Å². The summed E-state index contributed by atoms with van der Waals surface area (Å²) >= 11 is 0. The molecule has 2 aromatic carbocycles. The quantitative estimate of drug-likeness (QED) is 0.386. The number of benzene rings is 2. The Morgan fingerprint density at radius 2 is 1.85 bits per heavy atom. The lowest BCUT2D eigenvalue weighted by molar-refractivity contribution is -0.124. The van der Waals surface area contributed by atoms with Gasteiger partial charge in [-0.25, -0.2) is 17.5 Å². The largest absolute Gasteiger partial charge is 0.353 e. The Balaban J connectivity index is 1.28. The third-order valence-electron chi connectivity index (χ3n) is 9.00. The van der Waals surface area contributed by atoms with Gasteiger partial charge in [0.15, 0.2) is 0 Å². The normalized spacial score (nSPS) is 25.0. The molecule has 0 bridgehead atoms. The number of nitrogens with zero attached hydrogens (tertiary/aromatic N) is 6. The number of carbonyl (C=O) groups is 1. The highest BCUT2D eigenvalue weighted by Gasteiger charge is 2.74. The monoisotopic (exact) mass is 563 g/mol. The minimum atomic E-state index is -3.87. The highest BCUT2D eigenvalue weighted by molar-refractivity contribution is 7.89. The fourth-order valence-electron chi connectivity index (χ4n) is 7.04. The summed E-state index contributed by atoms with van der Waals surface area (Å²) in [5.74, 6) is -0.773. The smallest absolute Gasteiger partial charge is 0.264 e. The van der Waals surface area contributed by atoms with Crippen LogP contribution in [-0.4, -0.2) is 62.5 Å². The third kappa shape index (κ3) is 3.80. The molecule has 208 valence electrons. The summed E-state index contributed by atoms with van der Waals surface area (Å²) in [6.45, 7) is 2.43. The summed E-state index contributed by atoms with van der Waals surface area (Å²) in [5.41, 5.74) is 2.87. The first-order chi connectivity index (χ1) is 19.2. The number of hydrogen-bond donors (Lipinski definition) is 1. The lowest BCUT2D eigenvalue weighted by atomic mass is 9.88. The second-order valence-electron chi connectivity index (χ2n) is 11.3. The average molecular weight is 564 g/mol. The molecule has 1 amide bonds. The molecule has 1 aliphatic heterocycles. The molecular formula is C28H30FN7O3S. The molecule has 0 spiro atoms. The number of hydrogen-bond acceptors (Lipinski definition) is 6. The van der Waals surface area contributed by atoms with Gasteiger partial charge in [-0.15, -0.1) is 5.10 Å². The van der Waals surface area contributed by atoms with E-state index in [2.05, 4.69) is 20.6 Å². The number of piperidine rings is 1. The Morgan fingerprint density at radius 1 is 1.10 bits per heavy atom. The van der Waals surface area contributed by atoms with E-state index in [9.17, 15) is 17.6 Å². The minimum Gasteiger partial charge on any atom is -0.353 e. The first-order valence-electron chi connectivity index (χ1n) is 13.6. The molecule has 1 saturated heterocycles. The van der Waals surface area contributed by atoms with Crippen LogP contribution in [0.5, 0.6) is 0 Å². The van der Waals surface area contributed by atoms with Crippen LogP contribution in [0.25, 0.3) is 16.6 Å². The van der Waals surface area contributed by atoms with Crippen molar-refractivity contribution in [2.24, 2.45) is 18.9 Å². The maximum atomic E-state index is 13.6. The van der Waals surface area contributed by atoms with E-state index in [4.69, 9.17) is 0 Å². The van der Waals surface area contributed by atoms with E-state index in [-0.39, 0.29) is 47.7 Å². The molecule has 3 unspecified atom stereocenters. The molecule has 2 aliphatic carbocycles. The van der Waals surface area contributed by atoms with Gasteiger partial charge in [0.05, 0.1) is 29.5 Å². The highest BCUT2D eigenvalue weighted by Crippen LogP contribution is 2.65. The lowest BCUT2D eigenvalue weighted by Gasteiger charge is -2.25. The summed E-state index contributed by atoms with van der Waals surface area (Å²) in [7, 11) is -2.29. The molecule has 12 heteroatoms. The number of aryl methyl sites for hydroxylation is 2. The summed E-state index contributed by atoms with van der Waals surface area (Å²) in [6.07, 6.45) is 7.21. The fourth-order valence-corrected chi connectivity index (χ4v) is 8.44. The third-order valence-corrected chi connectivity index (χ3v) is 10.7. The van der Waals surface area contributed by atoms with Gasteiger partial charge < -0.3 is 5.32 Å². The van der Waals surface area contributed by atoms with E-state index in [0.717, 1.165) is 53.4 Å². The summed E-state index contributed by atoms with van der Waals surface area (Å²) < 4.78 is 43.7. The van der Waals surface area contributed by atoms with Gasteiger partial charge in [0.1, 0.15) is 5.82 Å².